The summed E-state index contributed by atoms with van der Waals surface area (Å²) < 4.78 is -0.0515. The molecule has 4 nitrogen and oxygen atoms in total. The monoisotopic (exact) mass is 350 g/mol. The van der Waals surface area contributed by atoms with Gasteiger partial charge in [0.05, 0.1) is 10.6 Å². The van der Waals surface area contributed by atoms with E-state index in [0.717, 1.165) is 17.1 Å². The number of anilines is 1. The smallest absolute Gasteiger partial charge is 0.270 e. The van der Waals surface area contributed by atoms with Gasteiger partial charge in [-0.1, -0.05) is 11.8 Å². The highest BCUT2D eigenvalue weighted by molar-refractivity contribution is 14.1. The maximum Gasteiger partial charge on any atom is 0.270 e. The minimum atomic E-state index is -0.347. The number of nitro benzene ring substituents is 1. The van der Waals surface area contributed by atoms with E-state index in [9.17, 15) is 10.1 Å². The minimum Gasteiger partial charge on any atom is -0.348 e. The number of nitrogens with zero attached hydrogens (tertiary/aromatic N) is 2. The van der Waals surface area contributed by atoms with E-state index in [1.807, 2.05) is 6.07 Å². The van der Waals surface area contributed by atoms with Gasteiger partial charge in [0.1, 0.15) is 2.88 Å². The van der Waals surface area contributed by atoms with Crippen molar-refractivity contribution in [3.63, 3.8) is 0 Å². The molecule has 0 aromatic heterocycles. The van der Waals surface area contributed by atoms with E-state index in [2.05, 4.69) is 41.3 Å². The molecule has 1 aromatic carbocycles. The molecule has 86 valence electrons. The summed E-state index contributed by atoms with van der Waals surface area (Å²) in [4.78, 5) is 13.6. The second-order valence-corrected chi connectivity index (χ2v) is 7.90. The van der Waals surface area contributed by atoms with E-state index in [1.54, 1.807) is 23.9 Å². The van der Waals surface area contributed by atoms with Crippen molar-refractivity contribution < 1.29 is 4.92 Å². The van der Waals surface area contributed by atoms with Crippen LogP contribution in [-0.2, 0) is 0 Å². The van der Waals surface area contributed by atoms with Crippen LogP contribution in [0.5, 0.6) is 0 Å². The molecule has 0 saturated carbocycles. The zero-order chi connectivity index (χ0) is 11.9. The molecule has 0 saturated heterocycles. The first kappa shape index (κ1) is 12.0. The van der Waals surface area contributed by atoms with Crippen molar-refractivity contribution in [2.45, 2.75) is 21.6 Å². The van der Waals surface area contributed by atoms with E-state index in [0.29, 0.717) is 0 Å². The zero-order valence-electron chi connectivity index (χ0n) is 8.94. The molecule has 0 amide bonds. The molecule has 1 aliphatic heterocycles. The molecule has 0 fully saturated rings. The van der Waals surface area contributed by atoms with Crippen LogP contribution in [0.4, 0.5) is 11.4 Å². The van der Waals surface area contributed by atoms with E-state index in [4.69, 9.17) is 0 Å². The highest BCUT2D eigenvalue weighted by Crippen LogP contribution is 2.54. The van der Waals surface area contributed by atoms with Gasteiger partial charge < -0.3 is 4.90 Å². The van der Waals surface area contributed by atoms with Gasteiger partial charge in [-0.05, 0) is 42.5 Å². The van der Waals surface area contributed by atoms with Crippen molar-refractivity contribution in [2.75, 3.05) is 11.4 Å². The van der Waals surface area contributed by atoms with Crippen LogP contribution < -0.4 is 4.90 Å². The van der Waals surface area contributed by atoms with Crippen molar-refractivity contribution >= 4 is 45.7 Å². The number of fused-ring (bicyclic) bond motifs is 1. The number of alkyl halides is 1. The molecule has 0 radical (unpaired) electrons. The van der Waals surface area contributed by atoms with Gasteiger partial charge in [0.2, 0.25) is 0 Å². The number of benzene rings is 1. The van der Waals surface area contributed by atoms with Crippen molar-refractivity contribution in [3.05, 3.63) is 28.3 Å². The van der Waals surface area contributed by atoms with Gasteiger partial charge in [0, 0.05) is 23.6 Å². The lowest BCUT2D eigenvalue weighted by Gasteiger charge is -2.29. The van der Waals surface area contributed by atoms with Crippen LogP contribution in [0, 0.1) is 10.1 Å². The molecule has 0 aliphatic carbocycles. The number of hydrogen-bond acceptors (Lipinski definition) is 4. The van der Waals surface area contributed by atoms with Crippen LogP contribution in [0.1, 0.15) is 13.8 Å². The Hall–Kier alpha value is -0.500. The van der Waals surface area contributed by atoms with Gasteiger partial charge in [-0.15, -0.1) is 0 Å². The highest BCUT2D eigenvalue weighted by atomic mass is 127. The summed E-state index contributed by atoms with van der Waals surface area (Å²) in [5.74, 6) is 0. The Balaban J connectivity index is 2.47. The lowest BCUT2D eigenvalue weighted by Crippen LogP contribution is -2.34. The van der Waals surface area contributed by atoms with Crippen LogP contribution in [0.15, 0.2) is 23.1 Å². The van der Waals surface area contributed by atoms with E-state index in [1.165, 1.54) is 0 Å². The Kier molecular flexibility index (Phi) is 3.04. The lowest BCUT2D eigenvalue weighted by molar-refractivity contribution is -0.385. The Labute approximate surface area is 112 Å². The summed E-state index contributed by atoms with van der Waals surface area (Å²) >= 11 is 4.04. The summed E-state index contributed by atoms with van der Waals surface area (Å²) in [6.45, 7) is 5.11. The van der Waals surface area contributed by atoms with Crippen LogP contribution in [0.3, 0.4) is 0 Å². The standard InChI is InChI=1S/C10H11IN2O2S/c1-3-12-8-5-4-7(13(14)15)6-9(8)16-10(12,2)11/h4-6H,3H2,1-2H3. The van der Waals surface area contributed by atoms with Crippen molar-refractivity contribution in [1.82, 2.24) is 0 Å². The average Bonchev–Trinajstić information content (AvgIpc) is 2.45. The first-order chi connectivity index (χ1) is 7.45. The fourth-order valence-corrected chi connectivity index (χ4v) is 4.36. The average molecular weight is 350 g/mol. The van der Waals surface area contributed by atoms with Crippen LogP contribution in [0.25, 0.3) is 0 Å². The molecule has 0 N–H and O–H groups in total. The molecule has 2 rings (SSSR count). The number of nitro groups is 1. The molecule has 16 heavy (non-hydrogen) atoms. The third-order valence-electron chi connectivity index (χ3n) is 2.54. The van der Waals surface area contributed by atoms with Crippen molar-refractivity contribution in [3.8, 4) is 0 Å². The van der Waals surface area contributed by atoms with E-state index < -0.39 is 0 Å². The third kappa shape index (κ3) is 1.88. The number of halogens is 1. The van der Waals surface area contributed by atoms with Gasteiger partial charge in [-0.25, -0.2) is 0 Å². The van der Waals surface area contributed by atoms with Crippen molar-refractivity contribution in [2.24, 2.45) is 0 Å². The van der Waals surface area contributed by atoms with Gasteiger partial charge in [0.15, 0.2) is 0 Å². The third-order valence-corrected chi connectivity index (χ3v) is 4.92. The molecule has 1 heterocycles. The van der Waals surface area contributed by atoms with Gasteiger partial charge >= 0.3 is 0 Å². The van der Waals surface area contributed by atoms with Gasteiger partial charge in [-0.3, -0.25) is 10.1 Å². The zero-order valence-corrected chi connectivity index (χ0v) is 11.9. The molecule has 1 aromatic rings. The maximum absolute atomic E-state index is 10.7. The Morgan fingerprint density at radius 3 is 2.88 bits per heavy atom. The molecule has 1 unspecified atom stereocenters. The lowest BCUT2D eigenvalue weighted by atomic mass is 10.2. The molecule has 0 spiro atoms. The number of hydrogen-bond donors (Lipinski definition) is 0. The fourth-order valence-electron chi connectivity index (χ4n) is 1.84. The number of thioether (sulfide) groups is 1. The predicted molar refractivity (Wildman–Crippen MR) is 74.4 cm³/mol. The molecular weight excluding hydrogens is 339 g/mol. The van der Waals surface area contributed by atoms with Gasteiger partial charge in [0.25, 0.3) is 5.69 Å². The van der Waals surface area contributed by atoms with Crippen LogP contribution >= 0.6 is 34.4 Å². The topological polar surface area (TPSA) is 46.4 Å². The second-order valence-electron chi connectivity index (χ2n) is 3.63. The largest absolute Gasteiger partial charge is 0.348 e. The summed E-state index contributed by atoms with van der Waals surface area (Å²) in [6.07, 6.45) is 0. The van der Waals surface area contributed by atoms with Crippen LogP contribution in [-0.4, -0.2) is 14.3 Å². The molecule has 1 atom stereocenters. The molecular formula is C10H11IN2O2S. The Bertz CT molecular complexity index is 450. The number of rotatable bonds is 2. The first-order valence-electron chi connectivity index (χ1n) is 4.89. The quantitative estimate of drug-likeness (QED) is 0.269. The maximum atomic E-state index is 10.7. The first-order valence-corrected chi connectivity index (χ1v) is 6.79. The second kappa shape index (κ2) is 4.06. The van der Waals surface area contributed by atoms with E-state index >= 15 is 0 Å². The van der Waals surface area contributed by atoms with Gasteiger partial charge in [-0.2, -0.15) is 0 Å². The summed E-state index contributed by atoms with van der Waals surface area (Å²) in [5.41, 5.74) is 1.26. The minimum absolute atomic E-state index is 0.0515. The summed E-state index contributed by atoms with van der Waals surface area (Å²) in [6, 6.07) is 5.07. The Morgan fingerprint density at radius 2 is 2.31 bits per heavy atom. The number of non-ortho nitro benzene ring substituents is 1. The van der Waals surface area contributed by atoms with Crippen LogP contribution in [0.2, 0.25) is 0 Å². The predicted octanol–water partition coefficient (Wildman–Crippen LogP) is 3.64. The van der Waals surface area contributed by atoms with Crippen molar-refractivity contribution in [1.29, 1.82) is 0 Å². The summed E-state index contributed by atoms with van der Waals surface area (Å²) in [5, 5.41) is 10.7. The fraction of sp³-hybridized carbons (Fsp3) is 0.400. The molecule has 0 bridgehead atoms. The summed E-state index contributed by atoms with van der Waals surface area (Å²) in [7, 11) is 0. The Morgan fingerprint density at radius 1 is 1.62 bits per heavy atom. The normalized spacial score (nSPS) is 23.3. The SMILES string of the molecule is CCN1c2ccc([N+](=O)[O-])cc2SC1(C)I. The molecule has 1 aliphatic rings. The van der Waals surface area contributed by atoms with E-state index in [-0.39, 0.29) is 13.5 Å². The molecule has 6 heteroatoms. The highest BCUT2D eigenvalue weighted by Gasteiger charge is 2.38.